The highest BCUT2D eigenvalue weighted by atomic mass is 35.5. The van der Waals surface area contributed by atoms with E-state index in [0.717, 1.165) is 36.0 Å². The molecule has 2 heterocycles. The Morgan fingerprint density at radius 1 is 0.843 bits per heavy atom. The molecule has 1 saturated heterocycles. The molecule has 1 aliphatic rings. The predicted octanol–water partition coefficient (Wildman–Crippen LogP) is 6.81. The largest absolute Gasteiger partial charge is 0.490 e. The monoisotopic (exact) mass is 1080 g/mol. The molecule has 29 heteroatoms. The molecule has 4 rings (SSSR count). The Hall–Kier alpha value is -5.22. The number of para-hydroxylation sites is 1. The highest BCUT2D eigenvalue weighted by Gasteiger charge is 2.42. The first-order chi connectivity index (χ1) is 31.9. The number of carbonyl (C=O) groups excluding carboxylic acids is 2. The van der Waals surface area contributed by atoms with Gasteiger partial charge in [-0.25, -0.2) is 27.8 Å². The van der Waals surface area contributed by atoms with Crippen LogP contribution in [0.5, 0.6) is 5.75 Å². The number of piperazine rings is 1. The molecule has 1 aromatic heterocycles. The third-order valence-electron chi connectivity index (χ3n) is 9.78. The first-order valence-corrected chi connectivity index (χ1v) is 22.5. The summed E-state index contributed by atoms with van der Waals surface area (Å²) in [5, 5.41) is 22.4. The summed E-state index contributed by atoms with van der Waals surface area (Å²) in [5.74, 6) is -8.28. The number of benzene rings is 2. The Labute approximate surface area is 405 Å². The van der Waals surface area contributed by atoms with E-state index in [-0.39, 0.29) is 58.4 Å². The number of nitrogens with one attached hydrogen (secondary N) is 1. The van der Waals surface area contributed by atoms with Crippen LogP contribution >= 0.6 is 23.2 Å². The van der Waals surface area contributed by atoms with E-state index in [1.807, 2.05) is 46.1 Å². The first kappa shape index (κ1) is 62.8. The zero-order valence-corrected chi connectivity index (χ0v) is 40.5. The van der Waals surface area contributed by atoms with Gasteiger partial charge in [0.2, 0.25) is 21.8 Å². The topological polar surface area (TPSA) is 250 Å². The van der Waals surface area contributed by atoms with Crippen molar-refractivity contribution >= 4 is 73.9 Å². The number of nitrogens with two attached hydrogens (primary N) is 1. The van der Waals surface area contributed by atoms with Crippen molar-refractivity contribution in [1.29, 1.82) is 0 Å². The third kappa shape index (κ3) is 19.5. The molecule has 0 saturated carbocycles. The van der Waals surface area contributed by atoms with Crippen molar-refractivity contribution in [3.8, 4) is 5.75 Å². The molecule has 0 unspecified atom stereocenters. The van der Waals surface area contributed by atoms with Gasteiger partial charge in [-0.3, -0.25) is 9.59 Å². The summed E-state index contributed by atoms with van der Waals surface area (Å²) >= 11 is 13.2. The minimum absolute atomic E-state index is 0.100. The van der Waals surface area contributed by atoms with Gasteiger partial charge in [-0.05, 0) is 90.5 Å². The van der Waals surface area contributed by atoms with Crippen LogP contribution in [-0.2, 0) is 40.6 Å². The summed E-state index contributed by atoms with van der Waals surface area (Å²) in [6.07, 6.45) is -12.7. The van der Waals surface area contributed by atoms with Crippen LogP contribution in [0.15, 0.2) is 41.3 Å². The lowest BCUT2D eigenvalue weighted by Gasteiger charge is -2.40. The molecular weight excluding hydrogens is 1030 g/mol. The molecule has 3 aromatic rings. The predicted molar refractivity (Wildman–Crippen MR) is 236 cm³/mol. The van der Waals surface area contributed by atoms with Gasteiger partial charge in [0.1, 0.15) is 28.3 Å². The number of halogens is 11. The molecule has 0 bridgehead atoms. The summed E-state index contributed by atoms with van der Waals surface area (Å²) in [7, 11) is -0.290. The lowest BCUT2D eigenvalue weighted by molar-refractivity contribution is -0.193. The van der Waals surface area contributed by atoms with Crippen molar-refractivity contribution in [3.05, 3.63) is 63.3 Å². The number of sulfonamides is 1. The molecule has 70 heavy (non-hydrogen) atoms. The van der Waals surface area contributed by atoms with Crippen molar-refractivity contribution in [2.24, 2.45) is 5.73 Å². The molecule has 2 atom stereocenters. The van der Waals surface area contributed by atoms with Crippen LogP contribution in [0.4, 0.5) is 39.5 Å². The quantitative estimate of drug-likeness (QED) is 0.0822. The van der Waals surface area contributed by atoms with Crippen LogP contribution in [0, 0.1) is 13.8 Å². The maximum atomic E-state index is 13.8. The number of hydrogen-bond donors (Lipinski definition) is 5. The number of carboxylic acid groups (broad SMARTS) is 3. The van der Waals surface area contributed by atoms with Crippen molar-refractivity contribution in [3.63, 3.8) is 0 Å². The average molecular weight is 1080 g/mol. The molecule has 17 nitrogen and oxygen atoms in total. The van der Waals surface area contributed by atoms with Crippen LogP contribution in [0.3, 0.4) is 0 Å². The highest BCUT2D eigenvalue weighted by Crippen LogP contribution is 2.35. The maximum Gasteiger partial charge on any atom is 0.490 e. The van der Waals surface area contributed by atoms with Gasteiger partial charge >= 0.3 is 36.4 Å². The van der Waals surface area contributed by atoms with Gasteiger partial charge in [0.05, 0.1) is 11.1 Å². The molecule has 394 valence electrons. The molecule has 0 spiro atoms. The van der Waals surface area contributed by atoms with E-state index < -0.39 is 58.0 Å². The van der Waals surface area contributed by atoms with Gasteiger partial charge in [0, 0.05) is 47.8 Å². The first-order valence-electron chi connectivity index (χ1n) is 20.3. The number of carboxylic acids is 3. The minimum atomic E-state index is -5.08. The van der Waals surface area contributed by atoms with E-state index in [0.29, 0.717) is 30.8 Å². The van der Waals surface area contributed by atoms with Crippen LogP contribution < -0.4 is 15.2 Å². The highest BCUT2D eigenvalue weighted by molar-refractivity contribution is 7.89. The maximum absolute atomic E-state index is 13.8. The normalized spacial score (nSPS) is 14.4. The zero-order chi connectivity index (χ0) is 54.3. The number of aliphatic carboxylic acids is 3. The van der Waals surface area contributed by atoms with Crippen molar-refractivity contribution in [2.75, 3.05) is 46.8 Å². The van der Waals surface area contributed by atoms with Gasteiger partial charge in [0.15, 0.2) is 0 Å². The van der Waals surface area contributed by atoms with Gasteiger partial charge < -0.3 is 40.5 Å². The second-order valence-corrected chi connectivity index (χ2v) is 18.0. The van der Waals surface area contributed by atoms with Crippen LogP contribution in [0.2, 0.25) is 10.0 Å². The number of ether oxygens (including phenoxy) is 1. The number of pyridine rings is 1. The number of alkyl halides is 9. The fraction of sp³-hybridized carbons (Fsp3) is 0.512. The Bertz CT molecular complexity index is 2370. The fourth-order valence-corrected chi connectivity index (χ4v) is 8.31. The van der Waals surface area contributed by atoms with E-state index in [4.69, 9.17) is 63.4 Å². The lowest BCUT2D eigenvalue weighted by atomic mass is 9.98. The summed E-state index contributed by atoms with van der Waals surface area (Å²) < 4.78 is 132. The summed E-state index contributed by atoms with van der Waals surface area (Å²) in [6.45, 7) is 9.19. The number of fused-ring (bicyclic) bond motifs is 1. The number of rotatable bonds is 14. The van der Waals surface area contributed by atoms with Crippen molar-refractivity contribution < 1.29 is 92.0 Å². The molecule has 0 aliphatic carbocycles. The van der Waals surface area contributed by atoms with Crippen LogP contribution in [0.25, 0.3) is 10.9 Å². The SMILES string of the molecule is CC[C@@](C)(NS(=O)(=O)c1ccc(Cl)c(COc2cccc3c(C)cc(C)nc23)c1Cl)C(=O)N1CCN(C(=O)[C@@H](N)CCCCN(C)C)CC1.O=C(O)C(F)(F)F.O=C(O)C(F)(F)F.O=C(O)C(F)(F)F. The van der Waals surface area contributed by atoms with E-state index in [9.17, 15) is 57.5 Å². The smallest absolute Gasteiger partial charge is 0.487 e. The third-order valence-corrected chi connectivity index (χ3v) is 12.3. The molecule has 1 fully saturated rings. The van der Waals surface area contributed by atoms with Gasteiger partial charge in [-0.2, -0.15) is 44.2 Å². The number of aryl methyl sites for hydroxylation is 2. The molecule has 1 aliphatic heterocycles. The van der Waals surface area contributed by atoms with Crippen molar-refractivity contribution in [1.82, 2.24) is 24.4 Å². The summed E-state index contributed by atoms with van der Waals surface area (Å²) in [5.41, 5.74) is 7.58. The van der Waals surface area contributed by atoms with E-state index in [2.05, 4.69) is 14.6 Å². The minimum Gasteiger partial charge on any atom is -0.487 e. The Balaban J connectivity index is 0.000000967. The average Bonchev–Trinajstić information content (AvgIpc) is 3.24. The number of amides is 2. The molecular formula is C41H51Cl2F9N6O11S. The van der Waals surface area contributed by atoms with E-state index >= 15 is 0 Å². The second kappa shape index (κ2) is 26.3. The fourth-order valence-electron chi connectivity index (χ4n) is 5.99. The Kier molecular flexibility index (Phi) is 23.6. The number of aromatic nitrogens is 1. The Morgan fingerprint density at radius 3 is 1.79 bits per heavy atom. The summed E-state index contributed by atoms with van der Waals surface area (Å²) in [6, 6.07) is 9.77. The van der Waals surface area contributed by atoms with Gasteiger partial charge in [0.25, 0.3) is 0 Å². The lowest BCUT2D eigenvalue weighted by Crippen LogP contribution is -2.62. The van der Waals surface area contributed by atoms with Gasteiger partial charge in [-0.15, -0.1) is 0 Å². The molecule has 2 amide bonds. The van der Waals surface area contributed by atoms with E-state index in [1.165, 1.54) is 12.1 Å². The van der Waals surface area contributed by atoms with E-state index in [1.54, 1.807) is 29.7 Å². The van der Waals surface area contributed by atoms with Crippen molar-refractivity contribution in [2.45, 2.75) is 95.0 Å². The van der Waals surface area contributed by atoms with Gasteiger partial charge in [-0.1, -0.05) is 48.7 Å². The van der Waals surface area contributed by atoms with Crippen LogP contribution in [-0.4, -0.2) is 150 Å². The molecule has 0 radical (unpaired) electrons. The standard InChI is InChI=1S/C35H48Cl2N6O5S.3C2HF3O2/c1-7-35(4,34(45)43-19-17-42(18-20-43)33(44)28(38)12-8-9-16-41(5)6)40-49(46,47)30-15-14-27(36)26(31(30)37)22-48-29-13-10-11-25-23(2)21-24(3)39-32(25)29;3*3-2(4,5)1(6)7/h10-11,13-15,21,28,40H,7-9,12,16-20,22,38H2,1-6H3;3*(H,6,7)/t28-,35+;;;/m0.../s1. The second-order valence-electron chi connectivity index (χ2n) is 15.6. The van der Waals surface area contributed by atoms with Crippen LogP contribution in [0.1, 0.15) is 56.4 Å². The number of hydrogen-bond acceptors (Lipinski definition) is 11. The number of nitrogens with zero attached hydrogens (tertiary/aromatic N) is 4. The number of carbonyl (C=O) groups is 5. The molecule has 6 N–H and O–H groups in total. The molecule has 2 aromatic carbocycles. The Morgan fingerprint density at radius 2 is 1.33 bits per heavy atom. The number of unbranched alkanes of at least 4 members (excludes halogenated alkanes) is 1. The zero-order valence-electron chi connectivity index (χ0n) is 38.2. The summed E-state index contributed by atoms with van der Waals surface area (Å²) in [4.78, 5) is 63.2.